The maximum Gasteiger partial charge on any atom is 0.246 e. The molecule has 0 aliphatic carbocycles. The summed E-state index contributed by atoms with van der Waals surface area (Å²) >= 11 is 0. The van der Waals surface area contributed by atoms with Gasteiger partial charge in [0.2, 0.25) is 21.4 Å². The van der Waals surface area contributed by atoms with Crippen LogP contribution in [-0.4, -0.2) is 24.8 Å². The minimum Gasteiger partial charge on any atom is -0.370 e. The third-order valence-corrected chi connectivity index (χ3v) is 3.82. The highest BCUT2D eigenvalue weighted by Gasteiger charge is 2.29. The average Bonchev–Trinajstić information content (AvgIpc) is 2.13. The monoisotopic (exact) mass is 273 g/mol. The highest BCUT2D eigenvalue weighted by Crippen LogP contribution is 2.12. The number of carbonyl (C=O) groups is 1. The molecule has 1 rings (SSSR count). The molecule has 0 saturated heterocycles. The van der Waals surface area contributed by atoms with E-state index in [1.165, 1.54) is 20.0 Å². The van der Waals surface area contributed by atoms with Gasteiger partial charge in [-0.25, -0.2) is 13.1 Å². The molecule has 7 nitrogen and oxygen atoms in total. The Morgan fingerprint density at radius 2 is 2.11 bits per heavy atom. The van der Waals surface area contributed by atoms with Crippen molar-refractivity contribution >= 4 is 15.9 Å². The average molecular weight is 273 g/mol. The molecule has 0 bridgehead atoms. The largest absolute Gasteiger partial charge is 0.370 e. The van der Waals surface area contributed by atoms with Crippen molar-refractivity contribution < 1.29 is 13.2 Å². The predicted octanol–water partition coefficient (Wildman–Crippen LogP) is -0.693. The molecule has 0 saturated carbocycles. The van der Waals surface area contributed by atoms with Gasteiger partial charge in [-0.2, -0.15) is 0 Å². The molecule has 0 aliphatic heterocycles. The topological polar surface area (TPSA) is 122 Å². The number of H-pyrrole nitrogens is 1. The van der Waals surface area contributed by atoms with Crippen molar-refractivity contribution in [1.82, 2.24) is 9.71 Å². The Hall–Kier alpha value is -1.67. The van der Waals surface area contributed by atoms with Crippen LogP contribution < -0.4 is 15.9 Å². The molecule has 0 spiro atoms. The zero-order valence-electron chi connectivity index (χ0n) is 10.1. The van der Waals surface area contributed by atoms with E-state index in [2.05, 4.69) is 9.71 Å². The van der Waals surface area contributed by atoms with E-state index in [-0.39, 0.29) is 6.42 Å². The summed E-state index contributed by atoms with van der Waals surface area (Å²) < 4.78 is 26.2. The summed E-state index contributed by atoms with van der Waals surface area (Å²) in [5, 5.41) is 0. The summed E-state index contributed by atoms with van der Waals surface area (Å²) in [4.78, 5) is 24.4. The van der Waals surface area contributed by atoms with Crippen LogP contribution in [0.3, 0.4) is 0 Å². The number of aromatic amines is 1. The van der Waals surface area contributed by atoms with E-state index in [9.17, 15) is 18.0 Å². The van der Waals surface area contributed by atoms with Crippen LogP contribution in [0.5, 0.6) is 0 Å². The second-order valence-electron chi connectivity index (χ2n) is 4.51. The van der Waals surface area contributed by atoms with Crippen molar-refractivity contribution in [1.29, 1.82) is 0 Å². The van der Waals surface area contributed by atoms with Gasteiger partial charge in [-0.05, 0) is 13.8 Å². The lowest BCUT2D eigenvalue weighted by molar-refractivity contribution is -0.119. The molecule has 0 aromatic carbocycles. The molecule has 0 atom stereocenters. The van der Waals surface area contributed by atoms with Gasteiger partial charge in [0.05, 0.1) is 0 Å². The number of pyridine rings is 1. The van der Waals surface area contributed by atoms with E-state index >= 15 is 0 Å². The molecule has 8 heteroatoms. The molecule has 100 valence electrons. The molecule has 4 N–H and O–H groups in total. The Labute approximate surface area is 104 Å². The minimum absolute atomic E-state index is 0.170. The number of carbonyl (C=O) groups excluding carboxylic acids is 1. The van der Waals surface area contributed by atoms with Crippen molar-refractivity contribution in [2.24, 2.45) is 5.73 Å². The molecule has 0 aliphatic rings. The molecular weight excluding hydrogens is 258 g/mol. The zero-order valence-corrected chi connectivity index (χ0v) is 10.9. The van der Waals surface area contributed by atoms with Gasteiger partial charge in [-0.3, -0.25) is 9.59 Å². The molecule has 1 heterocycles. The Kier molecular flexibility index (Phi) is 3.92. The molecule has 1 aromatic rings. The van der Waals surface area contributed by atoms with Gasteiger partial charge < -0.3 is 10.7 Å². The van der Waals surface area contributed by atoms with E-state index < -0.39 is 31.8 Å². The lowest BCUT2D eigenvalue weighted by Crippen LogP contribution is -2.46. The van der Waals surface area contributed by atoms with Crippen molar-refractivity contribution in [2.75, 3.05) is 0 Å². The van der Waals surface area contributed by atoms with Gasteiger partial charge in [-0.1, -0.05) is 0 Å². The highest BCUT2D eigenvalue weighted by molar-refractivity contribution is 7.89. The first kappa shape index (κ1) is 14.4. The van der Waals surface area contributed by atoms with Gasteiger partial charge in [0.1, 0.15) is 4.90 Å². The summed E-state index contributed by atoms with van der Waals surface area (Å²) in [7, 11) is -4.00. The van der Waals surface area contributed by atoms with E-state index in [1.54, 1.807) is 0 Å². The Bertz CT molecular complexity index is 604. The fraction of sp³-hybridized carbons (Fsp3) is 0.400. The molecular formula is C10H15N3O4S. The first-order chi connectivity index (χ1) is 8.14. The van der Waals surface area contributed by atoms with Crippen LogP contribution in [0.4, 0.5) is 0 Å². The van der Waals surface area contributed by atoms with Crippen molar-refractivity contribution in [3.63, 3.8) is 0 Å². The van der Waals surface area contributed by atoms with Crippen LogP contribution >= 0.6 is 0 Å². The van der Waals surface area contributed by atoms with E-state index in [4.69, 9.17) is 5.73 Å². The minimum atomic E-state index is -4.00. The quantitative estimate of drug-likeness (QED) is 0.657. The summed E-state index contributed by atoms with van der Waals surface area (Å²) in [5.74, 6) is -0.635. The van der Waals surface area contributed by atoms with Crippen molar-refractivity contribution in [2.45, 2.75) is 30.7 Å². The smallest absolute Gasteiger partial charge is 0.246 e. The van der Waals surface area contributed by atoms with E-state index in [1.807, 2.05) is 0 Å². The number of hydrogen-bond acceptors (Lipinski definition) is 4. The summed E-state index contributed by atoms with van der Waals surface area (Å²) in [5.41, 5.74) is 3.33. The lowest BCUT2D eigenvalue weighted by atomic mass is 10.0. The third-order valence-electron chi connectivity index (χ3n) is 2.10. The maximum absolute atomic E-state index is 12.0. The van der Waals surface area contributed by atoms with Crippen molar-refractivity contribution in [3.05, 3.63) is 28.7 Å². The number of amides is 1. The Morgan fingerprint density at radius 3 is 2.61 bits per heavy atom. The van der Waals surface area contributed by atoms with Crippen LogP contribution in [0.2, 0.25) is 0 Å². The second-order valence-corrected chi connectivity index (χ2v) is 6.16. The molecule has 0 radical (unpaired) electrons. The van der Waals surface area contributed by atoms with Crippen LogP contribution in [0.1, 0.15) is 20.3 Å². The first-order valence-corrected chi connectivity index (χ1v) is 6.62. The number of nitrogens with one attached hydrogen (secondary N) is 2. The van der Waals surface area contributed by atoms with Gasteiger partial charge in [0.15, 0.2) is 0 Å². The SMILES string of the molecule is CC(C)(CC(N)=O)NS(=O)(=O)c1c[nH]ccc1=O. The third kappa shape index (κ3) is 3.67. The van der Waals surface area contributed by atoms with Crippen LogP contribution in [0.15, 0.2) is 28.2 Å². The fourth-order valence-corrected chi connectivity index (χ4v) is 2.97. The zero-order chi connectivity index (χ0) is 14.0. The fourth-order valence-electron chi connectivity index (χ4n) is 1.50. The lowest BCUT2D eigenvalue weighted by Gasteiger charge is -2.24. The predicted molar refractivity (Wildman–Crippen MR) is 65.3 cm³/mol. The standard InChI is InChI=1S/C10H15N3O4S/c1-10(2,5-9(11)15)13-18(16,17)8-6-12-4-3-7(8)14/h3-4,6,13H,5H2,1-2H3,(H2,11,15)(H,12,14). The molecule has 0 unspecified atom stereocenters. The van der Waals surface area contributed by atoms with Crippen LogP contribution in [0.25, 0.3) is 0 Å². The molecule has 18 heavy (non-hydrogen) atoms. The summed E-state index contributed by atoms with van der Waals surface area (Å²) in [6.07, 6.45) is 2.25. The second kappa shape index (κ2) is 4.91. The Morgan fingerprint density at radius 1 is 1.50 bits per heavy atom. The van der Waals surface area contributed by atoms with E-state index in [0.29, 0.717) is 0 Å². The number of nitrogens with two attached hydrogens (primary N) is 1. The number of aromatic nitrogens is 1. The number of hydrogen-bond donors (Lipinski definition) is 3. The highest BCUT2D eigenvalue weighted by atomic mass is 32.2. The van der Waals surface area contributed by atoms with Gasteiger partial charge in [0, 0.05) is 30.4 Å². The van der Waals surface area contributed by atoms with Gasteiger partial charge in [-0.15, -0.1) is 0 Å². The van der Waals surface area contributed by atoms with Crippen LogP contribution in [-0.2, 0) is 14.8 Å². The number of primary amides is 1. The summed E-state index contributed by atoms with van der Waals surface area (Å²) in [6.45, 7) is 3.01. The van der Waals surface area contributed by atoms with Crippen LogP contribution in [0, 0.1) is 0 Å². The number of sulfonamides is 1. The van der Waals surface area contributed by atoms with Gasteiger partial charge in [0.25, 0.3) is 0 Å². The molecule has 1 amide bonds. The van der Waals surface area contributed by atoms with Gasteiger partial charge >= 0.3 is 0 Å². The molecule has 0 fully saturated rings. The van der Waals surface area contributed by atoms with Crippen molar-refractivity contribution in [3.8, 4) is 0 Å². The summed E-state index contributed by atoms with van der Waals surface area (Å²) in [6, 6.07) is 1.11. The number of rotatable bonds is 5. The normalized spacial score (nSPS) is 12.3. The first-order valence-electron chi connectivity index (χ1n) is 5.13. The maximum atomic E-state index is 12.0. The van der Waals surface area contributed by atoms with E-state index in [0.717, 1.165) is 12.3 Å². The Balaban J connectivity index is 3.07. The molecule has 1 aromatic heterocycles.